The monoisotopic (exact) mass is 265 g/mol. The van der Waals surface area contributed by atoms with Crippen LogP contribution in [0.3, 0.4) is 0 Å². The molecule has 4 nitrogen and oxygen atoms in total. The number of aryl methyl sites for hydroxylation is 1. The summed E-state index contributed by atoms with van der Waals surface area (Å²) in [4.78, 5) is 0. The molecule has 19 heavy (non-hydrogen) atoms. The SMILES string of the molecule is CCCCCCn1nnc(CO)c1C1CCCCC1. The van der Waals surface area contributed by atoms with E-state index >= 15 is 0 Å². The van der Waals surface area contributed by atoms with Crippen LogP contribution in [0.2, 0.25) is 0 Å². The van der Waals surface area contributed by atoms with Crippen molar-refractivity contribution < 1.29 is 5.11 Å². The van der Waals surface area contributed by atoms with Gasteiger partial charge in [0, 0.05) is 12.5 Å². The Balaban J connectivity index is 2.03. The normalized spacial score (nSPS) is 16.9. The van der Waals surface area contributed by atoms with Gasteiger partial charge in [0.2, 0.25) is 0 Å². The fraction of sp³-hybridized carbons (Fsp3) is 0.867. The van der Waals surface area contributed by atoms with Crippen LogP contribution in [0.4, 0.5) is 0 Å². The van der Waals surface area contributed by atoms with E-state index < -0.39 is 0 Å². The smallest absolute Gasteiger partial charge is 0.112 e. The van der Waals surface area contributed by atoms with Crippen molar-refractivity contribution in [3.8, 4) is 0 Å². The third-order valence-corrected chi connectivity index (χ3v) is 4.21. The fourth-order valence-electron chi connectivity index (χ4n) is 3.14. The van der Waals surface area contributed by atoms with Gasteiger partial charge in [0.05, 0.1) is 12.3 Å². The summed E-state index contributed by atoms with van der Waals surface area (Å²) in [6.07, 6.45) is 11.4. The topological polar surface area (TPSA) is 50.9 Å². The number of unbranched alkanes of at least 4 members (excludes halogenated alkanes) is 3. The lowest BCUT2D eigenvalue weighted by molar-refractivity contribution is 0.273. The lowest BCUT2D eigenvalue weighted by Crippen LogP contribution is -2.14. The first-order valence-corrected chi connectivity index (χ1v) is 7.90. The van der Waals surface area contributed by atoms with Gasteiger partial charge < -0.3 is 5.11 Å². The molecule has 1 N–H and O–H groups in total. The molecule has 0 aromatic carbocycles. The third-order valence-electron chi connectivity index (χ3n) is 4.21. The van der Waals surface area contributed by atoms with Crippen LogP contribution in [-0.4, -0.2) is 20.1 Å². The van der Waals surface area contributed by atoms with Crippen LogP contribution >= 0.6 is 0 Å². The van der Waals surface area contributed by atoms with E-state index in [2.05, 4.69) is 21.9 Å². The van der Waals surface area contributed by atoms with E-state index in [1.165, 1.54) is 63.5 Å². The second-order valence-corrected chi connectivity index (χ2v) is 5.70. The standard InChI is InChI=1S/C15H27N3O/c1-2-3-4-8-11-18-15(14(12-19)16-17-18)13-9-6-5-7-10-13/h13,19H,2-12H2,1H3. The Labute approximate surface area is 116 Å². The van der Waals surface area contributed by atoms with Gasteiger partial charge in [0.15, 0.2) is 0 Å². The molecule has 2 rings (SSSR count). The number of aliphatic hydroxyl groups is 1. The van der Waals surface area contributed by atoms with Crippen molar-refractivity contribution >= 4 is 0 Å². The van der Waals surface area contributed by atoms with Gasteiger partial charge in [0.1, 0.15) is 5.69 Å². The molecule has 1 aliphatic rings. The highest BCUT2D eigenvalue weighted by atomic mass is 16.3. The summed E-state index contributed by atoms with van der Waals surface area (Å²) in [5, 5.41) is 17.9. The number of nitrogens with zero attached hydrogens (tertiary/aromatic N) is 3. The molecule has 0 atom stereocenters. The van der Waals surface area contributed by atoms with E-state index in [0.717, 1.165) is 12.2 Å². The Morgan fingerprint density at radius 2 is 1.95 bits per heavy atom. The highest BCUT2D eigenvalue weighted by Crippen LogP contribution is 2.33. The fourth-order valence-corrected chi connectivity index (χ4v) is 3.14. The Bertz CT molecular complexity index is 369. The molecule has 1 heterocycles. The largest absolute Gasteiger partial charge is 0.390 e. The number of rotatable bonds is 7. The number of hydrogen-bond acceptors (Lipinski definition) is 3. The minimum Gasteiger partial charge on any atom is -0.390 e. The third kappa shape index (κ3) is 3.78. The van der Waals surface area contributed by atoms with Gasteiger partial charge in [0.25, 0.3) is 0 Å². The van der Waals surface area contributed by atoms with Crippen LogP contribution in [-0.2, 0) is 13.2 Å². The maximum Gasteiger partial charge on any atom is 0.112 e. The van der Waals surface area contributed by atoms with Crippen molar-refractivity contribution in [2.75, 3.05) is 0 Å². The quantitative estimate of drug-likeness (QED) is 0.769. The molecule has 1 saturated carbocycles. The molecule has 1 aliphatic carbocycles. The summed E-state index contributed by atoms with van der Waals surface area (Å²) in [6, 6.07) is 0. The molecule has 0 radical (unpaired) electrons. The van der Waals surface area contributed by atoms with E-state index in [4.69, 9.17) is 0 Å². The Morgan fingerprint density at radius 3 is 2.63 bits per heavy atom. The molecule has 108 valence electrons. The van der Waals surface area contributed by atoms with Crippen LogP contribution < -0.4 is 0 Å². The number of aromatic nitrogens is 3. The zero-order chi connectivity index (χ0) is 13.5. The predicted molar refractivity (Wildman–Crippen MR) is 75.9 cm³/mol. The van der Waals surface area contributed by atoms with Gasteiger partial charge in [-0.3, -0.25) is 0 Å². The van der Waals surface area contributed by atoms with Crippen molar-refractivity contribution in [1.82, 2.24) is 15.0 Å². The van der Waals surface area contributed by atoms with Crippen LogP contribution in [0.1, 0.15) is 82.0 Å². The van der Waals surface area contributed by atoms with Crippen molar-refractivity contribution in [2.45, 2.75) is 83.8 Å². The van der Waals surface area contributed by atoms with Gasteiger partial charge in [-0.2, -0.15) is 0 Å². The molecule has 0 saturated heterocycles. The Morgan fingerprint density at radius 1 is 1.16 bits per heavy atom. The Hall–Kier alpha value is -0.900. The second-order valence-electron chi connectivity index (χ2n) is 5.70. The van der Waals surface area contributed by atoms with Gasteiger partial charge in [-0.1, -0.05) is 50.7 Å². The minimum absolute atomic E-state index is 0.0286. The van der Waals surface area contributed by atoms with E-state index in [0.29, 0.717) is 5.92 Å². The van der Waals surface area contributed by atoms with Gasteiger partial charge in [-0.15, -0.1) is 5.10 Å². The lowest BCUT2D eigenvalue weighted by Gasteiger charge is -2.23. The molecule has 0 spiro atoms. The van der Waals surface area contributed by atoms with E-state index in [1.54, 1.807) is 0 Å². The number of hydrogen-bond donors (Lipinski definition) is 1. The average Bonchev–Trinajstić information content (AvgIpc) is 2.87. The van der Waals surface area contributed by atoms with Gasteiger partial charge in [-0.05, 0) is 19.3 Å². The molecule has 0 amide bonds. The maximum absolute atomic E-state index is 9.46. The molecular weight excluding hydrogens is 238 g/mol. The average molecular weight is 265 g/mol. The van der Waals surface area contributed by atoms with Crippen molar-refractivity contribution in [1.29, 1.82) is 0 Å². The summed E-state index contributed by atoms with van der Waals surface area (Å²) in [7, 11) is 0. The van der Waals surface area contributed by atoms with Crippen LogP contribution in [0.15, 0.2) is 0 Å². The highest BCUT2D eigenvalue weighted by Gasteiger charge is 2.23. The van der Waals surface area contributed by atoms with E-state index in [9.17, 15) is 5.11 Å². The van der Waals surface area contributed by atoms with Gasteiger partial charge in [-0.25, -0.2) is 4.68 Å². The van der Waals surface area contributed by atoms with Crippen molar-refractivity contribution in [3.63, 3.8) is 0 Å². The first kappa shape index (κ1) is 14.5. The summed E-state index contributed by atoms with van der Waals surface area (Å²) in [5.41, 5.74) is 2.03. The summed E-state index contributed by atoms with van der Waals surface area (Å²) in [5.74, 6) is 0.567. The first-order valence-electron chi connectivity index (χ1n) is 7.90. The second kappa shape index (κ2) is 7.63. The van der Waals surface area contributed by atoms with Crippen LogP contribution in [0, 0.1) is 0 Å². The van der Waals surface area contributed by atoms with E-state index in [-0.39, 0.29) is 6.61 Å². The number of aliphatic hydroxyl groups excluding tert-OH is 1. The van der Waals surface area contributed by atoms with Crippen LogP contribution in [0.5, 0.6) is 0 Å². The summed E-state index contributed by atoms with van der Waals surface area (Å²) in [6.45, 7) is 3.21. The van der Waals surface area contributed by atoms with Crippen molar-refractivity contribution in [3.05, 3.63) is 11.4 Å². The zero-order valence-electron chi connectivity index (χ0n) is 12.1. The van der Waals surface area contributed by atoms with Gasteiger partial charge >= 0.3 is 0 Å². The van der Waals surface area contributed by atoms with Crippen LogP contribution in [0.25, 0.3) is 0 Å². The maximum atomic E-state index is 9.46. The molecule has 1 aromatic rings. The minimum atomic E-state index is 0.0286. The molecule has 0 bridgehead atoms. The summed E-state index contributed by atoms with van der Waals surface area (Å²) >= 11 is 0. The molecule has 0 aliphatic heterocycles. The first-order chi connectivity index (χ1) is 9.36. The summed E-state index contributed by atoms with van der Waals surface area (Å²) < 4.78 is 2.07. The molecular formula is C15H27N3O. The highest BCUT2D eigenvalue weighted by molar-refractivity contribution is 5.15. The Kier molecular flexibility index (Phi) is 5.83. The lowest BCUT2D eigenvalue weighted by atomic mass is 9.86. The molecule has 4 heteroatoms. The van der Waals surface area contributed by atoms with Crippen molar-refractivity contribution in [2.24, 2.45) is 0 Å². The predicted octanol–water partition coefficient (Wildman–Crippen LogP) is 3.40. The van der Waals surface area contributed by atoms with E-state index in [1.807, 2.05) is 0 Å². The molecule has 1 fully saturated rings. The molecule has 1 aromatic heterocycles. The zero-order valence-corrected chi connectivity index (χ0v) is 12.1. The molecule has 0 unspecified atom stereocenters.